The quantitative estimate of drug-likeness (QED) is 0.357. The standard InChI is InChI=1S/C15H11Cl2N3OS/c1-22-15(19-9-18)20-11-5-6-14(13(17)8-11)21-12-4-2-3-10(16)7-12/h2-8H,1H3,(H,19,20). The summed E-state index contributed by atoms with van der Waals surface area (Å²) < 4.78 is 5.69. The second-order valence-electron chi connectivity index (χ2n) is 4.03. The number of halogens is 2. The molecule has 0 unspecified atom stereocenters. The number of thioether (sulfide) groups is 1. The Labute approximate surface area is 142 Å². The highest BCUT2D eigenvalue weighted by atomic mass is 35.5. The van der Waals surface area contributed by atoms with Crippen LogP contribution in [-0.4, -0.2) is 11.4 Å². The number of hydrogen-bond donors (Lipinski definition) is 1. The zero-order chi connectivity index (χ0) is 15.9. The van der Waals surface area contributed by atoms with Crippen LogP contribution in [0.15, 0.2) is 47.5 Å². The van der Waals surface area contributed by atoms with Gasteiger partial charge in [0.15, 0.2) is 11.4 Å². The molecule has 0 aliphatic carbocycles. The third-order valence-corrected chi connectivity index (χ3v) is 3.64. The first-order valence-corrected chi connectivity index (χ1v) is 8.11. The summed E-state index contributed by atoms with van der Waals surface area (Å²) in [5, 5.41) is 12.6. The van der Waals surface area contributed by atoms with Crippen molar-refractivity contribution >= 4 is 45.8 Å². The van der Waals surface area contributed by atoms with E-state index in [1.54, 1.807) is 42.5 Å². The average molecular weight is 352 g/mol. The van der Waals surface area contributed by atoms with Gasteiger partial charge in [-0.15, -0.1) is 0 Å². The van der Waals surface area contributed by atoms with Gasteiger partial charge in [-0.05, 0) is 42.7 Å². The molecule has 1 N–H and O–H groups in total. The molecule has 0 heterocycles. The molecule has 112 valence electrons. The van der Waals surface area contributed by atoms with Gasteiger partial charge < -0.3 is 4.74 Å². The molecule has 0 amide bonds. The van der Waals surface area contributed by atoms with Crippen molar-refractivity contribution in [2.24, 2.45) is 4.99 Å². The summed E-state index contributed by atoms with van der Waals surface area (Å²) in [5.41, 5.74) is 0.621. The van der Waals surface area contributed by atoms with Gasteiger partial charge >= 0.3 is 0 Å². The fraction of sp³-hybridized carbons (Fsp3) is 0.0667. The molecular weight excluding hydrogens is 341 g/mol. The molecule has 22 heavy (non-hydrogen) atoms. The summed E-state index contributed by atoms with van der Waals surface area (Å²) in [6.45, 7) is 0. The lowest BCUT2D eigenvalue weighted by atomic mass is 10.3. The number of nitrogens with zero attached hydrogens (tertiary/aromatic N) is 2. The molecule has 0 saturated heterocycles. The van der Waals surface area contributed by atoms with Crippen molar-refractivity contribution in [1.29, 1.82) is 5.26 Å². The van der Waals surface area contributed by atoms with Gasteiger partial charge in [-0.2, -0.15) is 5.26 Å². The molecule has 0 fully saturated rings. The Balaban J connectivity index is 2.21. The monoisotopic (exact) mass is 351 g/mol. The van der Waals surface area contributed by atoms with E-state index in [9.17, 15) is 0 Å². The van der Waals surface area contributed by atoms with Crippen LogP contribution in [0, 0.1) is 11.5 Å². The highest BCUT2D eigenvalue weighted by molar-refractivity contribution is 8.13. The van der Waals surface area contributed by atoms with Gasteiger partial charge in [0.25, 0.3) is 0 Å². The SMILES string of the molecule is CSC(=Nc1ccc(Oc2cccc(Cl)c2)c(Cl)c1)NC#N. The maximum absolute atomic E-state index is 8.62. The summed E-state index contributed by atoms with van der Waals surface area (Å²) >= 11 is 13.4. The Hall–Kier alpha value is -1.87. The maximum Gasteiger partial charge on any atom is 0.183 e. The third kappa shape index (κ3) is 4.57. The highest BCUT2D eigenvalue weighted by Crippen LogP contribution is 2.33. The van der Waals surface area contributed by atoms with Crippen LogP contribution in [0.1, 0.15) is 0 Å². The number of nitriles is 1. The van der Waals surface area contributed by atoms with Gasteiger partial charge in [0, 0.05) is 5.02 Å². The van der Waals surface area contributed by atoms with Crippen molar-refractivity contribution in [1.82, 2.24) is 5.32 Å². The first kappa shape index (κ1) is 16.5. The number of nitrogens with one attached hydrogen (secondary N) is 1. The Morgan fingerprint density at radius 1 is 1.27 bits per heavy atom. The number of amidine groups is 1. The molecule has 0 aromatic heterocycles. The normalized spacial score (nSPS) is 10.9. The second-order valence-corrected chi connectivity index (χ2v) is 5.67. The molecular formula is C15H11Cl2N3OS. The predicted molar refractivity (Wildman–Crippen MR) is 92.3 cm³/mol. The Morgan fingerprint density at radius 2 is 2.09 bits per heavy atom. The van der Waals surface area contributed by atoms with Crippen LogP contribution >= 0.6 is 35.0 Å². The highest BCUT2D eigenvalue weighted by Gasteiger charge is 2.06. The van der Waals surface area contributed by atoms with E-state index in [1.165, 1.54) is 11.8 Å². The molecule has 2 aromatic rings. The third-order valence-electron chi connectivity index (χ3n) is 2.53. The average Bonchev–Trinajstić information content (AvgIpc) is 2.49. The van der Waals surface area contributed by atoms with Gasteiger partial charge in [0.1, 0.15) is 11.5 Å². The van der Waals surface area contributed by atoms with Crippen LogP contribution in [0.4, 0.5) is 5.69 Å². The van der Waals surface area contributed by atoms with Crippen molar-refractivity contribution in [3.05, 3.63) is 52.5 Å². The number of ether oxygens (including phenoxy) is 1. The van der Waals surface area contributed by atoms with Crippen molar-refractivity contribution in [3.8, 4) is 17.7 Å². The molecule has 0 bridgehead atoms. The molecule has 4 nitrogen and oxygen atoms in total. The minimum absolute atomic E-state index is 0.415. The first-order valence-electron chi connectivity index (χ1n) is 6.13. The van der Waals surface area contributed by atoms with E-state index in [4.69, 9.17) is 33.2 Å². The lowest BCUT2D eigenvalue weighted by Gasteiger charge is -2.08. The molecule has 0 aliphatic rings. The van der Waals surface area contributed by atoms with Gasteiger partial charge in [-0.25, -0.2) is 4.99 Å². The topological polar surface area (TPSA) is 57.4 Å². The van der Waals surface area contributed by atoms with Gasteiger partial charge in [0.05, 0.1) is 10.7 Å². The second kappa shape index (κ2) is 7.95. The molecule has 0 atom stereocenters. The van der Waals surface area contributed by atoms with Crippen molar-refractivity contribution in [2.45, 2.75) is 0 Å². The van der Waals surface area contributed by atoms with Crippen molar-refractivity contribution in [3.63, 3.8) is 0 Å². The fourth-order valence-electron chi connectivity index (χ4n) is 1.59. The molecule has 2 aromatic carbocycles. The van der Waals surface area contributed by atoms with E-state index in [-0.39, 0.29) is 0 Å². The molecule has 2 rings (SSSR count). The van der Waals surface area contributed by atoms with E-state index in [1.807, 2.05) is 12.4 Å². The number of benzene rings is 2. The smallest absolute Gasteiger partial charge is 0.183 e. The van der Waals surface area contributed by atoms with Crippen molar-refractivity contribution in [2.75, 3.05) is 6.26 Å². The van der Waals surface area contributed by atoms with Crippen LogP contribution in [0.3, 0.4) is 0 Å². The van der Waals surface area contributed by atoms with Gasteiger partial charge in [0.2, 0.25) is 0 Å². The summed E-state index contributed by atoms with van der Waals surface area (Å²) in [6, 6.07) is 12.2. The number of hydrogen-bond acceptors (Lipinski definition) is 4. The van der Waals surface area contributed by atoms with Gasteiger partial charge in [-0.3, -0.25) is 5.32 Å². The summed E-state index contributed by atoms with van der Waals surface area (Å²) in [7, 11) is 0. The lowest BCUT2D eigenvalue weighted by molar-refractivity contribution is 0.483. The lowest BCUT2D eigenvalue weighted by Crippen LogP contribution is -2.12. The summed E-state index contributed by atoms with van der Waals surface area (Å²) in [4.78, 5) is 4.27. The van der Waals surface area contributed by atoms with Crippen LogP contribution in [0.25, 0.3) is 0 Å². The number of rotatable bonds is 3. The first-order chi connectivity index (χ1) is 10.6. The Kier molecular flexibility index (Phi) is 5.96. The van der Waals surface area contributed by atoms with E-state index in [0.717, 1.165) is 0 Å². The minimum Gasteiger partial charge on any atom is -0.456 e. The zero-order valence-corrected chi connectivity index (χ0v) is 13.8. The van der Waals surface area contributed by atoms with Crippen LogP contribution in [0.2, 0.25) is 10.0 Å². The molecule has 0 aliphatic heterocycles. The Morgan fingerprint density at radius 3 is 2.73 bits per heavy atom. The summed E-state index contributed by atoms with van der Waals surface area (Å²) in [5.74, 6) is 1.10. The number of aliphatic imine (C=N–C) groups is 1. The molecule has 0 saturated carbocycles. The Bertz CT molecular complexity index is 744. The van der Waals surface area contributed by atoms with E-state index >= 15 is 0 Å². The largest absolute Gasteiger partial charge is 0.456 e. The molecule has 7 heteroatoms. The van der Waals surface area contributed by atoms with Crippen LogP contribution in [0.5, 0.6) is 11.5 Å². The maximum atomic E-state index is 8.62. The zero-order valence-electron chi connectivity index (χ0n) is 11.5. The van der Waals surface area contributed by atoms with Gasteiger partial charge in [-0.1, -0.05) is 41.0 Å². The van der Waals surface area contributed by atoms with Crippen LogP contribution in [-0.2, 0) is 0 Å². The van der Waals surface area contributed by atoms with E-state index in [0.29, 0.717) is 32.4 Å². The van der Waals surface area contributed by atoms with Crippen LogP contribution < -0.4 is 10.1 Å². The van der Waals surface area contributed by atoms with E-state index in [2.05, 4.69) is 10.3 Å². The summed E-state index contributed by atoms with van der Waals surface area (Å²) in [6.07, 6.45) is 3.65. The van der Waals surface area contributed by atoms with E-state index < -0.39 is 0 Å². The molecule has 0 radical (unpaired) electrons. The fourth-order valence-corrected chi connectivity index (χ4v) is 2.33. The van der Waals surface area contributed by atoms with Crippen molar-refractivity contribution < 1.29 is 4.74 Å². The predicted octanol–water partition coefficient (Wildman–Crippen LogP) is 5.21. The minimum atomic E-state index is 0.415. The molecule has 0 spiro atoms.